The average molecular weight is 405 g/mol. The van der Waals surface area contributed by atoms with E-state index in [4.69, 9.17) is 4.84 Å². The van der Waals surface area contributed by atoms with Crippen LogP contribution in [0, 0.1) is 0 Å². The van der Waals surface area contributed by atoms with E-state index in [9.17, 15) is 14.4 Å². The Labute approximate surface area is 132 Å². The van der Waals surface area contributed by atoms with Crippen molar-refractivity contribution in [1.82, 2.24) is 5.06 Å². The van der Waals surface area contributed by atoms with Gasteiger partial charge < -0.3 is 4.84 Å². The van der Waals surface area contributed by atoms with Crippen molar-refractivity contribution in [2.75, 3.05) is 0 Å². The molecule has 0 saturated carbocycles. The van der Waals surface area contributed by atoms with Crippen LogP contribution in [-0.2, 0) is 25.1 Å². The first-order valence-corrected chi connectivity index (χ1v) is 8.13. The molecule has 5 nitrogen and oxygen atoms in total. The van der Waals surface area contributed by atoms with Crippen molar-refractivity contribution in [3.05, 3.63) is 34.9 Å². The van der Waals surface area contributed by atoms with Crippen molar-refractivity contribution in [2.45, 2.75) is 23.5 Å². The average Bonchev–Trinajstić information content (AvgIpc) is 2.78. The first-order valence-electron chi connectivity index (χ1n) is 5.88. The van der Waals surface area contributed by atoms with Crippen molar-refractivity contribution in [2.24, 2.45) is 0 Å². The van der Waals surface area contributed by atoms with Crippen LogP contribution in [0.15, 0.2) is 18.2 Å². The lowest BCUT2D eigenvalue weighted by Crippen LogP contribution is -2.32. The number of carbonyl (C=O) groups is 3. The smallest absolute Gasteiger partial charge is 0.325 e. The number of benzene rings is 1. The standard InChI is InChI=1S/C13H11Br2NO4/c14-6-9-2-1-8(5-10(9)7-15)13(19)20-16-11(17)3-4-12(16)18/h1-2,5H,3-4,6-7H2. The summed E-state index contributed by atoms with van der Waals surface area (Å²) in [7, 11) is 0. The first-order chi connectivity index (χ1) is 9.56. The Morgan fingerprint density at radius 2 is 1.70 bits per heavy atom. The molecule has 2 rings (SSSR count). The number of imide groups is 1. The number of halogens is 2. The van der Waals surface area contributed by atoms with E-state index in [0.717, 1.165) is 11.1 Å². The molecule has 0 spiro atoms. The van der Waals surface area contributed by atoms with Gasteiger partial charge in [0, 0.05) is 23.5 Å². The summed E-state index contributed by atoms with van der Waals surface area (Å²) < 4.78 is 0. The lowest BCUT2D eigenvalue weighted by molar-refractivity contribution is -0.172. The van der Waals surface area contributed by atoms with Crippen LogP contribution in [0.2, 0.25) is 0 Å². The van der Waals surface area contributed by atoms with Crippen LogP contribution in [0.4, 0.5) is 0 Å². The molecule has 0 aliphatic carbocycles. The van der Waals surface area contributed by atoms with Crippen LogP contribution in [0.1, 0.15) is 34.3 Å². The SMILES string of the molecule is O=C(ON1C(=O)CCC1=O)c1ccc(CBr)c(CBr)c1. The minimum Gasteiger partial charge on any atom is -0.325 e. The second-order valence-corrected chi connectivity index (χ2v) is 5.33. The molecule has 0 atom stereocenters. The Morgan fingerprint density at radius 3 is 2.25 bits per heavy atom. The van der Waals surface area contributed by atoms with E-state index in [2.05, 4.69) is 31.9 Å². The zero-order valence-electron chi connectivity index (χ0n) is 10.4. The topological polar surface area (TPSA) is 63.7 Å². The summed E-state index contributed by atoms with van der Waals surface area (Å²) in [4.78, 5) is 39.6. The predicted molar refractivity (Wildman–Crippen MR) is 78.2 cm³/mol. The van der Waals surface area contributed by atoms with E-state index in [0.29, 0.717) is 21.3 Å². The Bertz CT molecular complexity index is 557. The van der Waals surface area contributed by atoms with Gasteiger partial charge in [-0.15, -0.1) is 5.06 Å². The first kappa shape index (κ1) is 15.2. The van der Waals surface area contributed by atoms with E-state index in [1.807, 2.05) is 0 Å². The van der Waals surface area contributed by atoms with E-state index in [-0.39, 0.29) is 12.8 Å². The fraction of sp³-hybridized carbons (Fsp3) is 0.308. The van der Waals surface area contributed by atoms with Crippen LogP contribution in [-0.4, -0.2) is 22.8 Å². The molecule has 0 bridgehead atoms. The van der Waals surface area contributed by atoms with Crippen LogP contribution in [0.5, 0.6) is 0 Å². The monoisotopic (exact) mass is 403 g/mol. The molecule has 0 radical (unpaired) electrons. The Balaban J connectivity index is 2.17. The third-order valence-corrected chi connectivity index (χ3v) is 4.12. The number of carbonyl (C=O) groups excluding carboxylic acids is 3. The second kappa shape index (κ2) is 6.49. The molecule has 1 aromatic carbocycles. The fourth-order valence-corrected chi connectivity index (χ4v) is 2.87. The lowest BCUT2D eigenvalue weighted by atomic mass is 10.1. The molecule has 1 aliphatic rings. The van der Waals surface area contributed by atoms with Gasteiger partial charge in [-0.3, -0.25) is 9.59 Å². The van der Waals surface area contributed by atoms with Gasteiger partial charge in [-0.2, -0.15) is 0 Å². The van der Waals surface area contributed by atoms with Gasteiger partial charge in [0.15, 0.2) is 0 Å². The fourth-order valence-electron chi connectivity index (χ4n) is 1.80. The van der Waals surface area contributed by atoms with Crippen LogP contribution in [0.3, 0.4) is 0 Å². The molecule has 1 heterocycles. The van der Waals surface area contributed by atoms with Gasteiger partial charge in [-0.05, 0) is 23.3 Å². The highest BCUT2D eigenvalue weighted by Crippen LogP contribution is 2.20. The number of amides is 2. The highest BCUT2D eigenvalue weighted by Gasteiger charge is 2.33. The van der Waals surface area contributed by atoms with Gasteiger partial charge in [0.1, 0.15) is 0 Å². The largest absolute Gasteiger partial charge is 0.363 e. The predicted octanol–water partition coefficient (Wildman–Crippen LogP) is 2.70. The van der Waals surface area contributed by atoms with Crippen molar-refractivity contribution in [1.29, 1.82) is 0 Å². The number of hydrogen-bond donors (Lipinski definition) is 0. The molecule has 106 valence electrons. The molecule has 1 aliphatic heterocycles. The maximum Gasteiger partial charge on any atom is 0.363 e. The maximum absolute atomic E-state index is 12.0. The highest BCUT2D eigenvalue weighted by atomic mass is 79.9. The van der Waals surface area contributed by atoms with E-state index in [1.165, 1.54) is 0 Å². The van der Waals surface area contributed by atoms with Crippen molar-refractivity contribution < 1.29 is 19.2 Å². The molecule has 0 unspecified atom stereocenters. The lowest BCUT2D eigenvalue weighted by Gasteiger charge is -2.13. The summed E-state index contributed by atoms with van der Waals surface area (Å²) in [5.41, 5.74) is 2.29. The highest BCUT2D eigenvalue weighted by molar-refractivity contribution is 9.09. The number of rotatable bonds is 4. The number of hydrogen-bond acceptors (Lipinski definition) is 4. The molecular formula is C13H11Br2NO4. The number of nitrogens with zero attached hydrogens (tertiary/aromatic N) is 1. The van der Waals surface area contributed by atoms with E-state index in [1.54, 1.807) is 18.2 Å². The van der Waals surface area contributed by atoms with Gasteiger partial charge in [0.05, 0.1) is 5.56 Å². The molecular weight excluding hydrogens is 394 g/mol. The summed E-state index contributed by atoms with van der Waals surface area (Å²) in [6.07, 6.45) is 0.169. The third-order valence-electron chi connectivity index (χ3n) is 2.91. The molecule has 20 heavy (non-hydrogen) atoms. The molecule has 0 aromatic heterocycles. The maximum atomic E-state index is 12.0. The quantitative estimate of drug-likeness (QED) is 0.571. The normalized spacial score (nSPS) is 14.8. The second-order valence-electron chi connectivity index (χ2n) is 4.21. The molecule has 2 amide bonds. The molecule has 1 fully saturated rings. The Morgan fingerprint density at radius 1 is 1.10 bits per heavy atom. The van der Waals surface area contributed by atoms with Gasteiger partial charge in [0.2, 0.25) is 0 Å². The van der Waals surface area contributed by atoms with E-state index >= 15 is 0 Å². The zero-order chi connectivity index (χ0) is 14.7. The van der Waals surface area contributed by atoms with Crippen molar-refractivity contribution in [3.63, 3.8) is 0 Å². The summed E-state index contributed by atoms with van der Waals surface area (Å²) in [6, 6.07) is 5.09. The molecule has 0 N–H and O–H groups in total. The van der Waals surface area contributed by atoms with Crippen molar-refractivity contribution >= 4 is 49.6 Å². The van der Waals surface area contributed by atoms with Crippen LogP contribution in [0.25, 0.3) is 0 Å². The molecule has 7 heteroatoms. The summed E-state index contributed by atoms with van der Waals surface area (Å²) in [6.45, 7) is 0. The Hall–Kier alpha value is -1.21. The summed E-state index contributed by atoms with van der Waals surface area (Å²) in [5, 5.41) is 1.82. The summed E-state index contributed by atoms with van der Waals surface area (Å²) in [5.74, 6) is -1.68. The minimum absolute atomic E-state index is 0.0846. The van der Waals surface area contributed by atoms with Crippen LogP contribution >= 0.6 is 31.9 Å². The molecule has 1 aromatic rings. The third kappa shape index (κ3) is 3.09. The Kier molecular flexibility index (Phi) is 4.93. The minimum atomic E-state index is -0.711. The van der Waals surface area contributed by atoms with Gasteiger partial charge >= 0.3 is 5.97 Å². The van der Waals surface area contributed by atoms with Crippen molar-refractivity contribution in [3.8, 4) is 0 Å². The zero-order valence-corrected chi connectivity index (χ0v) is 13.6. The molecule has 1 saturated heterocycles. The van der Waals surface area contributed by atoms with Gasteiger partial charge in [-0.1, -0.05) is 37.9 Å². The van der Waals surface area contributed by atoms with Gasteiger partial charge in [0.25, 0.3) is 11.8 Å². The summed E-state index contributed by atoms with van der Waals surface area (Å²) >= 11 is 6.71. The van der Waals surface area contributed by atoms with Gasteiger partial charge in [-0.25, -0.2) is 4.79 Å². The number of alkyl halides is 2. The number of hydroxylamine groups is 2. The van der Waals surface area contributed by atoms with E-state index < -0.39 is 17.8 Å². The van der Waals surface area contributed by atoms with Crippen LogP contribution < -0.4 is 0 Å².